The van der Waals surface area contributed by atoms with E-state index in [1.165, 1.54) is 19.0 Å². The van der Waals surface area contributed by atoms with Crippen molar-refractivity contribution in [2.75, 3.05) is 19.6 Å². The van der Waals surface area contributed by atoms with Gasteiger partial charge < -0.3 is 21.1 Å². The molecule has 1 aliphatic heterocycles. The summed E-state index contributed by atoms with van der Waals surface area (Å²) in [4.78, 5) is 44.9. The van der Waals surface area contributed by atoms with Gasteiger partial charge in [0.2, 0.25) is 11.8 Å². The van der Waals surface area contributed by atoms with Crippen LogP contribution in [0, 0.1) is 11.8 Å². The van der Waals surface area contributed by atoms with Crippen molar-refractivity contribution in [2.24, 2.45) is 11.8 Å². The molecule has 9 nitrogen and oxygen atoms in total. The van der Waals surface area contributed by atoms with Gasteiger partial charge in [-0.3, -0.25) is 24.3 Å². The molecule has 4 rings (SSSR count). The lowest BCUT2D eigenvalue weighted by molar-refractivity contribution is -0.133. The number of hydrogen-bond acceptors (Lipinski definition) is 6. The van der Waals surface area contributed by atoms with Gasteiger partial charge in [-0.15, -0.1) is 0 Å². The van der Waals surface area contributed by atoms with Crippen LogP contribution in [0.15, 0.2) is 54.9 Å². The first kappa shape index (κ1) is 30.7. The molecule has 9 heteroatoms. The van der Waals surface area contributed by atoms with E-state index in [4.69, 9.17) is 0 Å². The topological polar surface area (TPSA) is 124 Å². The van der Waals surface area contributed by atoms with Gasteiger partial charge in [0.15, 0.2) is 0 Å². The number of pyridine rings is 1. The molecule has 4 N–H and O–H groups in total. The number of piperidine rings is 1. The number of β-amino-alcohol motifs (C(OH)–C–C–N with tert-alkyl or cyclic N) is 1. The van der Waals surface area contributed by atoms with Gasteiger partial charge >= 0.3 is 0 Å². The highest BCUT2D eigenvalue weighted by atomic mass is 16.3. The second kappa shape index (κ2) is 14.0. The Kier molecular flexibility index (Phi) is 10.5. The molecule has 4 unspecified atom stereocenters. The molecule has 1 aromatic carbocycles. The Morgan fingerprint density at radius 2 is 1.78 bits per heavy atom. The van der Waals surface area contributed by atoms with Gasteiger partial charge in [0.1, 0.15) is 0 Å². The van der Waals surface area contributed by atoms with Crippen LogP contribution in [-0.4, -0.2) is 76.1 Å². The van der Waals surface area contributed by atoms with Crippen molar-refractivity contribution < 1.29 is 19.5 Å². The molecule has 1 saturated carbocycles. The van der Waals surface area contributed by atoms with E-state index in [1.54, 1.807) is 18.3 Å². The van der Waals surface area contributed by atoms with Crippen LogP contribution in [0.4, 0.5) is 0 Å². The fraction of sp³-hybridized carbons (Fsp3) is 0.562. The summed E-state index contributed by atoms with van der Waals surface area (Å²) in [6, 6.07) is 12.1. The Labute approximate surface area is 243 Å². The predicted octanol–water partition coefficient (Wildman–Crippen LogP) is 2.70. The molecule has 0 spiro atoms. The summed E-state index contributed by atoms with van der Waals surface area (Å²) in [5.41, 5.74) is 0.991. The molecular formula is C32H45N5O4. The quantitative estimate of drug-likeness (QED) is 0.353. The molecule has 41 heavy (non-hydrogen) atoms. The number of rotatable bonds is 10. The fourth-order valence-corrected chi connectivity index (χ4v) is 6.16. The molecule has 1 aromatic heterocycles. The molecule has 1 aliphatic carbocycles. The summed E-state index contributed by atoms with van der Waals surface area (Å²) in [7, 11) is 0. The Morgan fingerprint density at radius 1 is 1.05 bits per heavy atom. The first-order valence-electron chi connectivity index (χ1n) is 14.8. The highest BCUT2D eigenvalue weighted by Gasteiger charge is 2.41. The van der Waals surface area contributed by atoms with Crippen molar-refractivity contribution in [3.8, 4) is 0 Å². The number of aliphatic hydroxyl groups excluding tert-OH is 1. The van der Waals surface area contributed by atoms with Crippen LogP contribution in [0.3, 0.4) is 0 Å². The van der Waals surface area contributed by atoms with Crippen LogP contribution < -0.4 is 16.0 Å². The zero-order valence-electron chi connectivity index (χ0n) is 24.5. The SMILES string of the molecule is CC(C)(C)NC(=O)C1C[C@@H]2CCCCC2CN1CC(O)C(Cc1ccccc1)NC(=O)CNC(=O)c1cccnc1. The molecule has 2 aliphatic rings. The molecule has 2 aromatic rings. The van der Waals surface area contributed by atoms with Gasteiger partial charge in [-0.2, -0.15) is 0 Å². The van der Waals surface area contributed by atoms with E-state index in [0.717, 1.165) is 31.4 Å². The average molecular weight is 564 g/mol. The van der Waals surface area contributed by atoms with E-state index in [1.807, 2.05) is 51.1 Å². The van der Waals surface area contributed by atoms with Crippen molar-refractivity contribution in [3.05, 3.63) is 66.0 Å². The number of amides is 3. The molecule has 2 fully saturated rings. The maximum atomic E-state index is 13.4. The lowest BCUT2D eigenvalue weighted by Gasteiger charge is -2.47. The number of carbonyl (C=O) groups excluding carboxylic acids is 3. The van der Waals surface area contributed by atoms with Crippen LogP contribution in [0.1, 0.15) is 68.8 Å². The zero-order chi connectivity index (χ0) is 29.4. The van der Waals surface area contributed by atoms with Gasteiger partial charge in [0.25, 0.3) is 5.91 Å². The number of benzene rings is 1. The summed E-state index contributed by atoms with van der Waals surface area (Å²) < 4.78 is 0. The number of hydrogen-bond donors (Lipinski definition) is 4. The van der Waals surface area contributed by atoms with Crippen LogP contribution in [0.2, 0.25) is 0 Å². The molecule has 5 atom stereocenters. The van der Waals surface area contributed by atoms with Gasteiger partial charge in [0.05, 0.1) is 30.3 Å². The minimum atomic E-state index is -0.918. The average Bonchev–Trinajstić information content (AvgIpc) is 2.95. The first-order chi connectivity index (χ1) is 19.6. The monoisotopic (exact) mass is 563 g/mol. The maximum Gasteiger partial charge on any atom is 0.253 e. The number of likely N-dealkylation sites (tertiary alicyclic amines) is 1. The second-order valence-electron chi connectivity index (χ2n) is 12.6. The van der Waals surface area contributed by atoms with Crippen LogP contribution >= 0.6 is 0 Å². The lowest BCUT2D eigenvalue weighted by Crippen LogP contribution is -2.60. The number of fused-ring (bicyclic) bond motifs is 1. The smallest absolute Gasteiger partial charge is 0.253 e. The standard InChI is InChI=1S/C32H45N5O4/c1-32(2,3)36-31(41)27-17-23-12-7-8-13-25(23)20-37(27)21-28(38)26(16-22-10-5-4-6-11-22)35-29(39)19-34-30(40)24-14-9-15-33-18-24/h4-6,9-11,14-15,18,23,25-28,38H,7-8,12-13,16-17,19-21H2,1-3H3,(H,34,40)(H,35,39)(H,36,41)/t23-,25?,26?,27?,28?/m0/s1. The van der Waals surface area contributed by atoms with E-state index < -0.39 is 24.0 Å². The zero-order valence-corrected chi connectivity index (χ0v) is 24.5. The largest absolute Gasteiger partial charge is 0.390 e. The molecule has 2 heterocycles. The summed E-state index contributed by atoms with van der Waals surface area (Å²) in [5.74, 6) is 0.248. The van der Waals surface area contributed by atoms with Crippen molar-refractivity contribution in [1.29, 1.82) is 0 Å². The van der Waals surface area contributed by atoms with Crippen molar-refractivity contribution in [2.45, 2.75) is 83.0 Å². The fourth-order valence-electron chi connectivity index (χ4n) is 6.16. The van der Waals surface area contributed by atoms with E-state index in [2.05, 4.69) is 25.8 Å². The van der Waals surface area contributed by atoms with Gasteiger partial charge in [-0.25, -0.2) is 0 Å². The Morgan fingerprint density at radius 3 is 2.46 bits per heavy atom. The number of nitrogens with zero attached hydrogens (tertiary/aromatic N) is 2. The van der Waals surface area contributed by atoms with Crippen LogP contribution in [0.25, 0.3) is 0 Å². The van der Waals surface area contributed by atoms with E-state index in [9.17, 15) is 19.5 Å². The third-order valence-corrected chi connectivity index (χ3v) is 8.17. The highest BCUT2D eigenvalue weighted by molar-refractivity contribution is 5.96. The Bertz CT molecular complexity index is 1150. The molecular weight excluding hydrogens is 518 g/mol. The predicted molar refractivity (Wildman–Crippen MR) is 158 cm³/mol. The van der Waals surface area contributed by atoms with Crippen LogP contribution in [0.5, 0.6) is 0 Å². The highest BCUT2D eigenvalue weighted by Crippen LogP contribution is 2.39. The molecule has 3 amide bonds. The number of carbonyl (C=O) groups is 3. The van der Waals surface area contributed by atoms with E-state index in [0.29, 0.717) is 23.8 Å². The number of nitrogens with one attached hydrogen (secondary N) is 3. The lowest BCUT2D eigenvalue weighted by atomic mass is 9.72. The third kappa shape index (κ3) is 9.10. The van der Waals surface area contributed by atoms with Crippen molar-refractivity contribution >= 4 is 17.7 Å². The summed E-state index contributed by atoms with van der Waals surface area (Å²) in [6.45, 7) is 6.75. The maximum absolute atomic E-state index is 13.4. The first-order valence-corrected chi connectivity index (χ1v) is 14.8. The minimum Gasteiger partial charge on any atom is -0.390 e. The summed E-state index contributed by atoms with van der Waals surface area (Å²) in [5, 5.41) is 20.3. The van der Waals surface area contributed by atoms with E-state index >= 15 is 0 Å². The van der Waals surface area contributed by atoms with Gasteiger partial charge in [0, 0.05) is 31.0 Å². The normalized spacial score (nSPS) is 22.6. The van der Waals surface area contributed by atoms with Crippen LogP contribution in [-0.2, 0) is 16.0 Å². The summed E-state index contributed by atoms with van der Waals surface area (Å²) >= 11 is 0. The number of aromatic nitrogens is 1. The van der Waals surface area contributed by atoms with Crippen molar-refractivity contribution in [3.63, 3.8) is 0 Å². The molecule has 222 valence electrons. The third-order valence-electron chi connectivity index (χ3n) is 8.17. The van der Waals surface area contributed by atoms with Gasteiger partial charge in [-0.1, -0.05) is 49.6 Å². The minimum absolute atomic E-state index is 0.00418. The molecule has 0 radical (unpaired) electrons. The number of aliphatic hydroxyl groups is 1. The van der Waals surface area contributed by atoms with E-state index in [-0.39, 0.29) is 30.6 Å². The molecule has 1 saturated heterocycles. The summed E-state index contributed by atoms with van der Waals surface area (Å²) in [6.07, 6.45) is 8.01. The van der Waals surface area contributed by atoms with Crippen molar-refractivity contribution in [1.82, 2.24) is 25.8 Å². The molecule has 0 bridgehead atoms. The second-order valence-corrected chi connectivity index (χ2v) is 12.6. The van der Waals surface area contributed by atoms with Gasteiger partial charge in [-0.05, 0) is 69.6 Å². The Balaban J connectivity index is 1.46. The Hall–Kier alpha value is -3.30.